The predicted molar refractivity (Wildman–Crippen MR) is 453 cm³/mol. The number of primary amides is 1. The number of phenols is 1. The van der Waals surface area contributed by atoms with Crippen LogP contribution in [-0.2, 0) is 78.4 Å². The number of carbonyl (C=O) groups is 13. The lowest BCUT2D eigenvalue weighted by atomic mass is 9.83. The number of aliphatic imine (C=N–C) groups is 1. The number of nitrogens with zero attached hydrogens (tertiary/aromatic N) is 5. The van der Waals surface area contributed by atoms with Gasteiger partial charge in [0.15, 0.2) is 17.3 Å². The Morgan fingerprint density at radius 3 is 2.08 bits per heavy atom. The minimum absolute atomic E-state index is 0.0167. The summed E-state index contributed by atoms with van der Waals surface area (Å²) < 4.78 is 28.9. The quantitative estimate of drug-likeness (QED) is 0.0174. The zero-order valence-corrected chi connectivity index (χ0v) is 73.7. The maximum absolute atomic E-state index is 15.0. The maximum Gasteiger partial charge on any atom is 0.410 e. The number of aliphatic hydroxyl groups excluding tert-OH is 1. The highest BCUT2D eigenvalue weighted by Gasteiger charge is 2.45. The van der Waals surface area contributed by atoms with Gasteiger partial charge in [0.2, 0.25) is 23.6 Å². The van der Waals surface area contributed by atoms with Crippen LogP contribution in [0.25, 0.3) is 0 Å². The third-order valence-corrected chi connectivity index (χ3v) is 25.5. The average Bonchev–Trinajstić information content (AvgIpc) is 1.49. The third-order valence-electron chi connectivity index (χ3n) is 22.2. The maximum atomic E-state index is 15.0. The molecule has 3 aromatic rings. The van der Waals surface area contributed by atoms with E-state index < -0.39 is 107 Å². The SMILES string of the molecule is CC[C@H](C)[C@@H]([C@@H](CC(=O)N1CCC[C@H]1[C@H](OC)[C@@H](C)C(=O)C[C@H](C)[C@@H](O)c1ccccc1)OC)N(C)C(=O)[C@@H](CC(=O)[C@H](C(C)C)N(C)C(=O)OCc1ccc(NC(=O)[C@H](CCCNC(N)=O)CC(=O)[C@@H](NC(=O)CCSSC(C)(C)CC(=O)CN=C2CCOc3cc(OCCCC(=O)ON4C(=O)CCC4=O)cc(O)c32)C(C)C)cc1)C(C)C. The predicted octanol–water partition coefficient (Wildman–Crippen LogP) is 11.1. The number of ether oxygens (including phenoxy) is 5. The summed E-state index contributed by atoms with van der Waals surface area (Å²) in [5.41, 5.74) is 7.76. The standard InChI is InChI=1S/C87H127N9O21S2/c1-17-54(8)80(71(112-15)47-75(105)95-38-22-27-65(95)82(113-16)56(10)66(98)42-55(9)81(107)58-24-19-18-20-25-58)93(13)84(109)63(51(2)3)46-69(101)79(53(6)7)94(14)86(111)116-50-57-29-31-60(32-30-57)91-83(108)59(26-21-37-89-85(88)110)43-68(100)78(52(4)5)92-72(102)36-41-118-119-87(11,12)48-61(97)49-90-64-35-40-115-70-45-62(44-67(99)77(64)70)114-39-23-28-76(106)117-96-73(103)33-34-74(96)104/h18-20,24-25,29-32,44-45,51-56,59,63,65,71,78-82,99,107H,17,21-23,26-28,33-43,46-50H2,1-16H3,(H,91,108)(H,92,102)(H3,88,89,110)/t54-,55-,56-,59+,63-,65-,71+,78-,79-,80-,81+,82+/m0/s1. The Bertz CT molecular complexity index is 3980. The lowest BCUT2D eigenvalue weighted by molar-refractivity contribution is -0.197. The van der Waals surface area contributed by atoms with Crippen molar-refractivity contribution in [1.29, 1.82) is 0 Å². The summed E-state index contributed by atoms with van der Waals surface area (Å²) in [7, 11) is 9.04. The molecule has 2 fully saturated rings. The smallest absolute Gasteiger partial charge is 0.410 e. The molecule has 3 aliphatic rings. The molecule has 12 atom stereocenters. The van der Waals surface area contributed by atoms with E-state index in [-0.39, 0.29) is 180 Å². The zero-order chi connectivity index (χ0) is 88.1. The molecule has 2 saturated heterocycles. The van der Waals surface area contributed by atoms with Crippen LogP contribution in [0.3, 0.4) is 0 Å². The molecule has 0 saturated carbocycles. The van der Waals surface area contributed by atoms with Gasteiger partial charge in [-0.25, -0.2) is 14.4 Å². The van der Waals surface area contributed by atoms with Gasteiger partial charge in [-0.3, -0.25) is 52.9 Å². The van der Waals surface area contributed by atoms with Gasteiger partial charge in [-0.2, -0.15) is 0 Å². The number of phenolic OH excluding ortho intramolecular Hbond substituents is 1. The first-order chi connectivity index (χ1) is 56.3. The number of rotatable bonds is 50. The lowest BCUT2D eigenvalue weighted by Gasteiger charge is -2.41. The summed E-state index contributed by atoms with van der Waals surface area (Å²) in [4.78, 5) is 188. The molecule has 0 spiro atoms. The van der Waals surface area contributed by atoms with E-state index in [0.29, 0.717) is 77.7 Å². The molecule has 658 valence electrons. The number of urea groups is 1. The number of likely N-dealkylation sites (N-methyl/N-ethyl adjacent to an activating group) is 2. The molecule has 6 rings (SSSR count). The highest BCUT2D eigenvalue weighted by Crippen LogP contribution is 2.41. The average molecular weight is 1700 g/mol. The summed E-state index contributed by atoms with van der Waals surface area (Å²) in [6, 6.07) is 15.0. The highest BCUT2D eigenvalue weighted by atomic mass is 33.1. The number of benzene rings is 3. The number of hydrogen-bond donors (Lipinski definition) is 6. The Morgan fingerprint density at radius 2 is 1.46 bits per heavy atom. The fraction of sp³-hybridized carbons (Fsp3) is 0.632. The number of aliphatic hydroxyl groups is 1. The van der Waals surface area contributed by atoms with Crippen LogP contribution in [0.5, 0.6) is 17.2 Å². The molecular formula is C87H127N9O21S2. The molecule has 0 bridgehead atoms. The summed E-state index contributed by atoms with van der Waals surface area (Å²) in [5.74, 6) is -7.45. The molecule has 32 heteroatoms. The fourth-order valence-electron chi connectivity index (χ4n) is 15.5. The van der Waals surface area contributed by atoms with Gasteiger partial charge < -0.3 is 75.1 Å². The molecular weight excluding hydrogens is 1570 g/mol. The molecule has 0 aliphatic carbocycles. The van der Waals surface area contributed by atoms with Crippen LogP contribution in [0.15, 0.2) is 71.7 Å². The van der Waals surface area contributed by atoms with E-state index in [1.165, 1.54) is 46.7 Å². The van der Waals surface area contributed by atoms with Gasteiger partial charge in [-0.05, 0) is 98.8 Å². The van der Waals surface area contributed by atoms with Gasteiger partial charge >= 0.3 is 18.1 Å². The van der Waals surface area contributed by atoms with Crippen LogP contribution < -0.4 is 31.2 Å². The number of aromatic hydroxyl groups is 1. The number of imide groups is 1. The minimum atomic E-state index is -0.988. The molecule has 3 aromatic carbocycles. The van der Waals surface area contributed by atoms with Crippen molar-refractivity contribution in [2.75, 3.05) is 72.2 Å². The van der Waals surface area contributed by atoms with Crippen LogP contribution in [0.4, 0.5) is 15.3 Å². The second-order valence-electron chi connectivity index (χ2n) is 33.0. The van der Waals surface area contributed by atoms with E-state index in [0.717, 1.165) is 5.56 Å². The second kappa shape index (κ2) is 47.9. The van der Waals surface area contributed by atoms with Crippen molar-refractivity contribution in [2.24, 2.45) is 58.1 Å². The Kier molecular flexibility index (Phi) is 39.8. The van der Waals surface area contributed by atoms with Gasteiger partial charge in [0.1, 0.15) is 29.6 Å². The number of carbonyl (C=O) groups excluding carboxylic acids is 13. The van der Waals surface area contributed by atoms with Gasteiger partial charge in [0, 0.05) is 139 Å². The number of hydroxylamine groups is 2. The summed E-state index contributed by atoms with van der Waals surface area (Å²) in [5, 5.41) is 30.8. The molecule has 3 heterocycles. The zero-order valence-electron chi connectivity index (χ0n) is 72.1. The number of likely N-dealkylation sites (tertiary alicyclic amines) is 1. The second-order valence-corrected chi connectivity index (χ2v) is 36.2. The topological polar surface area (TPSA) is 405 Å². The summed E-state index contributed by atoms with van der Waals surface area (Å²) >= 11 is 0. The molecule has 30 nitrogen and oxygen atoms in total. The Morgan fingerprint density at radius 1 is 0.782 bits per heavy atom. The number of nitrogens with one attached hydrogen (secondary N) is 3. The van der Waals surface area contributed by atoms with Crippen molar-refractivity contribution in [3.8, 4) is 17.2 Å². The van der Waals surface area contributed by atoms with Crippen LogP contribution in [0.2, 0.25) is 0 Å². The van der Waals surface area contributed by atoms with Crippen molar-refractivity contribution < 1.29 is 101 Å². The number of nitrogens with two attached hydrogens (primary N) is 1. The first-order valence-corrected chi connectivity index (χ1v) is 43.7. The van der Waals surface area contributed by atoms with Crippen molar-refractivity contribution in [3.05, 3.63) is 83.4 Å². The number of Topliss-reactive ketones (excluding diaryl/α,β-unsaturated/α-hetero) is 4. The fourth-order valence-corrected chi connectivity index (χ4v) is 18.0. The van der Waals surface area contributed by atoms with Crippen molar-refractivity contribution >= 4 is 110 Å². The van der Waals surface area contributed by atoms with Crippen LogP contribution in [0, 0.1) is 47.3 Å². The minimum Gasteiger partial charge on any atom is -0.507 e. The number of amides is 9. The highest BCUT2D eigenvalue weighted by molar-refractivity contribution is 8.77. The first kappa shape index (κ1) is 98.8. The molecule has 0 aromatic heterocycles. The van der Waals surface area contributed by atoms with Crippen LogP contribution in [-0.4, -0.2) is 220 Å². The Labute approximate surface area is 708 Å². The molecule has 0 radical (unpaired) electrons. The molecule has 9 amide bonds. The van der Waals surface area contributed by atoms with Crippen molar-refractivity contribution in [3.63, 3.8) is 0 Å². The number of ketones is 4. The monoisotopic (exact) mass is 1700 g/mol. The lowest BCUT2D eigenvalue weighted by Crippen LogP contribution is -2.54. The van der Waals surface area contributed by atoms with E-state index in [9.17, 15) is 72.5 Å². The molecule has 7 N–H and O–H groups in total. The van der Waals surface area contributed by atoms with Crippen LogP contribution >= 0.6 is 21.6 Å². The van der Waals surface area contributed by atoms with E-state index >= 15 is 0 Å². The molecule has 0 unspecified atom stereocenters. The first-order valence-electron chi connectivity index (χ1n) is 41.4. The number of anilines is 1. The van der Waals surface area contributed by atoms with Crippen molar-refractivity contribution in [1.82, 2.24) is 30.4 Å². The Hall–Kier alpha value is -8.98. The van der Waals surface area contributed by atoms with Gasteiger partial charge in [0.25, 0.3) is 11.8 Å². The summed E-state index contributed by atoms with van der Waals surface area (Å²) in [6.45, 7) is 22.8. The van der Waals surface area contributed by atoms with E-state index in [2.05, 4.69) is 20.9 Å². The van der Waals surface area contributed by atoms with Gasteiger partial charge in [-0.1, -0.05) is 140 Å². The summed E-state index contributed by atoms with van der Waals surface area (Å²) in [6.07, 6.45) is -0.436. The largest absolute Gasteiger partial charge is 0.507 e. The normalized spacial score (nSPS) is 17.3. The molecule has 3 aliphatic heterocycles. The van der Waals surface area contributed by atoms with Crippen LogP contribution in [0.1, 0.15) is 209 Å². The number of methoxy groups -OCH3 is 2. The number of fused-ring (bicyclic) bond motifs is 1. The van der Waals surface area contributed by atoms with E-state index in [4.69, 9.17) is 34.3 Å². The third kappa shape index (κ3) is 29.7. The van der Waals surface area contributed by atoms with E-state index in [1.807, 2.05) is 85.7 Å². The molecule has 119 heavy (non-hydrogen) atoms. The number of hydrogen-bond acceptors (Lipinski definition) is 24. The van der Waals surface area contributed by atoms with E-state index in [1.54, 1.807) is 82.0 Å². The van der Waals surface area contributed by atoms with Gasteiger partial charge in [0.05, 0.1) is 86.4 Å². The Balaban J connectivity index is 0.976. The van der Waals surface area contributed by atoms with Gasteiger partial charge in [-0.15, -0.1) is 5.06 Å². The van der Waals surface area contributed by atoms with Crippen molar-refractivity contribution in [2.45, 2.75) is 240 Å².